The third kappa shape index (κ3) is 3.26. The van der Waals surface area contributed by atoms with Crippen molar-refractivity contribution in [1.29, 1.82) is 0 Å². The Morgan fingerprint density at radius 1 is 1.03 bits per heavy atom. The minimum absolute atomic E-state index is 0.289. The summed E-state index contributed by atoms with van der Waals surface area (Å²) in [6, 6.07) is 16.2. The maximum atomic E-state index is 13.4. The lowest BCUT2D eigenvalue weighted by Gasteiger charge is -2.10. The molecule has 0 saturated carbocycles. The van der Waals surface area contributed by atoms with E-state index >= 15 is 0 Å². The molecule has 0 saturated heterocycles. The Bertz CT molecular complexity index is 1560. The van der Waals surface area contributed by atoms with Crippen LogP contribution in [-0.2, 0) is 0 Å². The van der Waals surface area contributed by atoms with E-state index in [0.29, 0.717) is 27.2 Å². The minimum Gasteiger partial charge on any atom is -0.375 e. The average Bonchev–Trinajstić information content (AvgIpc) is 3.31. The number of fused-ring (bicyclic) bond motifs is 1. The molecule has 9 heteroatoms. The van der Waals surface area contributed by atoms with E-state index in [0.717, 1.165) is 21.4 Å². The zero-order chi connectivity index (χ0) is 21.7. The number of anilines is 1. The molecular formula is C22H16ClN5O2S. The first kappa shape index (κ1) is 19.3. The number of hydrogen-bond donors (Lipinski definition) is 2. The molecule has 5 rings (SSSR count). The van der Waals surface area contributed by atoms with Gasteiger partial charge >= 0.3 is 5.69 Å². The first-order chi connectivity index (χ1) is 14.9. The van der Waals surface area contributed by atoms with Crippen molar-refractivity contribution in [1.82, 2.24) is 19.1 Å². The standard InChI is InChI=1S/C22H16ClN5O2S/c1-12-3-2-4-15(9-12)28-20(29)19-16(26-22(28)30)10-18(23)27(19)14-7-5-13(6-8-14)17-11-31-21(24)25-17/h2-11H,1H3,(H2,24,25)(H,26,30). The predicted octanol–water partition coefficient (Wildman–Crippen LogP) is 4.14. The van der Waals surface area contributed by atoms with Crippen molar-refractivity contribution in [3.63, 3.8) is 0 Å². The fourth-order valence-electron chi connectivity index (χ4n) is 3.61. The molecule has 0 fully saturated rings. The van der Waals surface area contributed by atoms with Crippen LogP contribution in [0.3, 0.4) is 0 Å². The Labute approximate surface area is 185 Å². The van der Waals surface area contributed by atoms with Gasteiger partial charge < -0.3 is 10.7 Å². The number of rotatable bonds is 3. The first-order valence-corrected chi connectivity index (χ1v) is 10.6. The van der Waals surface area contributed by atoms with Crippen molar-refractivity contribution < 1.29 is 0 Å². The summed E-state index contributed by atoms with van der Waals surface area (Å²) in [4.78, 5) is 33.1. The highest BCUT2D eigenvalue weighted by Crippen LogP contribution is 2.28. The summed E-state index contributed by atoms with van der Waals surface area (Å²) in [6.07, 6.45) is 0. The molecule has 154 valence electrons. The normalized spacial score (nSPS) is 11.3. The van der Waals surface area contributed by atoms with Crippen LogP contribution >= 0.6 is 22.9 Å². The summed E-state index contributed by atoms with van der Waals surface area (Å²) in [5.41, 5.74) is 9.22. The maximum Gasteiger partial charge on any atom is 0.333 e. The molecule has 3 heterocycles. The number of aryl methyl sites for hydroxylation is 1. The molecule has 31 heavy (non-hydrogen) atoms. The predicted molar refractivity (Wildman–Crippen MR) is 125 cm³/mol. The SMILES string of the molecule is Cc1cccc(-n2c(=O)[nH]c3cc(Cl)n(-c4ccc(-c5csc(N)n5)cc4)c3c2=O)c1. The van der Waals surface area contributed by atoms with E-state index in [9.17, 15) is 9.59 Å². The van der Waals surface area contributed by atoms with Gasteiger partial charge in [-0.1, -0.05) is 35.9 Å². The van der Waals surface area contributed by atoms with Gasteiger partial charge in [-0.15, -0.1) is 11.3 Å². The van der Waals surface area contributed by atoms with Gasteiger partial charge in [-0.25, -0.2) is 14.3 Å². The van der Waals surface area contributed by atoms with Crippen molar-refractivity contribution in [2.24, 2.45) is 0 Å². The summed E-state index contributed by atoms with van der Waals surface area (Å²) in [6.45, 7) is 1.90. The Morgan fingerprint density at radius 2 is 1.81 bits per heavy atom. The van der Waals surface area contributed by atoms with Crippen molar-refractivity contribution in [3.05, 3.63) is 91.5 Å². The van der Waals surface area contributed by atoms with Crippen LogP contribution < -0.4 is 17.0 Å². The van der Waals surface area contributed by atoms with Gasteiger partial charge in [0, 0.05) is 16.6 Å². The fourth-order valence-corrected chi connectivity index (χ4v) is 4.47. The molecule has 0 spiro atoms. The zero-order valence-electron chi connectivity index (χ0n) is 16.3. The van der Waals surface area contributed by atoms with Crippen molar-refractivity contribution >= 4 is 39.1 Å². The number of nitrogen functional groups attached to an aromatic ring is 1. The Kier molecular flexibility index (Phi) is 4.53. The van der Waals surface area contributed by atoms with Crippen LogP contribution in [0.1, 0.15) is 5.56 Å². The van der Waals surface area contributed by atoms with Crippen molar-refractivity contribution in [2.45, 2.75) is 6.92 Å². The lowest BCUT2D eigenvalue weighted by molar-refractivity contribution is 0.890. The number of aromatic amines is 1. The number of thiazole rings is 1. The topological polar surface area (TPSA) is 98.7 Å². The summed E-state index contributed by atoms with van der Waals surface area (Å²) < 4.78 is 2.75. The number of nitrogens with one attached hydrogen (secondary N) is 1. The Balaban J connectivity index is 1.71. The van der Waals surface area contributed by atoms with E-state index < -0.39 is 11.2 Å². The largest absolute Gasteiger partial charge is 0.375 e. The van der Waals surface area contributed by atoms with E-state index in [1.165, 1.54) is 11.3 Å². The number of aromatic nitrogens is 4. The molecule has 7 nitrogen and oxygen atoms in total. The second-order valence-electron chi connectivity index (χ2n) is 7.09. The van der Waals surface area contributed by atoms with Gasteiger partial charge in [0.2, 0.25) is 0 Å². The smallest absolute Gasteiger partial charge is 0.333 e. The highest BCUT2D eigenvalue weighted by molar-refractivity contribution is 7.13. The molecule has 0 unspecified atom stereocenters. The lowest BCUT2D eigenvalue weighted by atomic mass is 10.1. The van der Waals surface area contributed by atoms with Gasteiger partial charge in [-0.2, -0.15) is 0 Å². The Hall–Kier alpha value is -3.62. The molecule has 0 aliphatic heterocycles. The minimum atomic E-state index is -0.520. The quantitative estimate of drug-likeness (QED) is 0.432. The van der Waals surface area contributed by atoms with Crippen LogP contribution in [0.4, 0.5) is 5.13 Å². The molecular weight excluding hydrogens is 434 g/mol. The number of nitrogens with two attached hydrogens (primary N) is 1. The maximum absolute atomic E-state index is 13.4. The van der Waals surface area contributed by atoms with Gasteiger partial charge in [-0.05, 0) is 42.8 Å². The van der Waals surface area contributed by atoms with E-state index in [1.807, 2.05) is 42.6 Å². The highest BCUT2D eigenvalue weighted by Gasteiger charge is 2.18. The molecule has 3 aromatic heterocycles. The molecule has 0 amide bonds. The van der Waals surface area contributed by atoms with Crippen LogP contribution in [0.25, 0.3) is 33.7 Å². The van der Waals surface area contributed by atoms with E-state index in [-0.39, 0.29) is 5.52 Å². The van der Waals surface area contributed by atoms with Crippen LogP contribution in [0, 0.1) is 6.92 Å². The Morgan fingerprint density at radius 3 is 2.48 bits per heavy atom. The van der Waals surface area contributed by atoms with Gasteiger partial charge in [0.25, 0.3) is 5.56 Å². The molecule has 0 bridgehead atoms. The monoisotopic (exact) mass is 449 g/mol. The molecule has 0 aliphatic rings. The number of benzene rings is 2. The lowest BCUT2D eigenvalue weighted by Crippen LogP contribution is -2.34. The molecule has 0 atom stereocenters. The summed E-state index contributed by atoms with van der Waals surface area (Å²) in [5, 5.41) is 2.70. The zero-order valence-corrected chi connectivity index (χ0v) is 17.9. The number of nitrogens with zero attached hydrogens (tertiary/aromatic N) is 3. The van der Waals surface area contributed by atoms with Crippen molar-refractivity contribution in [2.75, 3.05) is 5.73 Å². The molecule has 0 aliphatic carbocycles. The highest BCUT2D eigenvalue weighted by atomic mass is 35.5. The van der Waals surface area contributed by atoms with Crippen LogP contribution in [0.5, 0.6) is 0 Å². The summed E-state index contributed by atoms with van der Waals surface area (Å²) in [7, 11) is 0. The number of hydrogen-bond acceptors (Lipinski definition) is 5. The number of H-pyrrole nitrogens is 1. The summed E-state index contributed by atoms with van der Waals surface area (Å²) in [5.74, 6) is 0. The third-order valence-electron chi connectivity index (χ3n) is 5.01. The van der Waals surface area contributed by atoms with Crippen LogP contribution in [0.2, 0.25) is 5.15 Å². The molecule has 5 aromatic rings. The third-order valence-corrected chi connectivity index (χ3v) is 5.96. The molecule has 0 radical (unpaired) electrons. The van der Waals surface area contributed by atoms with E-state index in [4.69, 9.17) is 17.3 Å². The van der Waals surface area contributed by atoms with Crippen molar-refractivity contribution in [3.8, 4) is 22.6 Å². The second-order valence-corrected chi connectivity index (χ2v) is 8.37. The first-order valence-electron chi connectivity index (χ1n) is 9.37. The molecule has 3 N–H and O–H groups in total. The van der Waals surface area contributed by atoms with Gasteiger partial charge in [0.05, 0.1) is 16.9 Å². The van der Waals surface area contributed by atoms with Gasteiger partial charge in [-0.3, -0.25) is 9.36 Å². The van der Waals surface area contributed by atoms with Gasteiger partial charge in [0.1, 0.15) is 10.7 Å². The van der Waals surface area contributed by atoms with Crippen LogP contribution in [0.15, 0.2) is 69.6 Å². The molecule has 2 aromatic carbocycles. The summed E-state index contributed by atoms with van der Waals surface area (Å²) >= 11 is 7.85. The average molecular weight is 450 g/mol. The second kappa shape index (κ2) is 7.26. The fraction of sp³-hybridized carbons (Fsp3) is 0.0455. The van der Waals surface area contributed by atoms with E-state index in [1.54, 1.807) is 28.8 Å². The van der Waals surface area contributed by atoms with Gasteiger partial charge in [0.15, 0.2) is 5.13 Å². The number of halogens is 1. The van der Waals surface area contributed by atoms with Crippen LogP contribution in [-0.4, -0.2) is 19.1 Å². The van der Waals surface area contributed by atoms with E-state index in [2.05, 4.69) is 9.97 Å².